The smallest absolute Gasteiger partial charge is 0.391 e. The van der Waals surface area contributed by atoms with Gasteiger partial charge >= 0.3 is 6.18 Å². The number of amides is 2. The van der Waals surface area contributed by atoms with Crippen LogP contribution in [0.2, 0.25) is 0 Å². The lowest BCUT2D eigenvalue weighted by Crippen LogP contribution is -2.70. The molecule has 37 heavy (non-hydrogen) atoms. The fourth-order valence-electron chi connectivity index (χ4n) is 6.17. The first-order valence-electron chi connectivity index (χ1n) is 13.0. The van der Waals surface area contributed by atoms with Crippen molar-refractivity contribution in [1.29, 1.82) is 0 Å². The van der Waals surface area contributed by atoms with Crippen LogP contribution in [0, 0.1) is 5.92 Å². The quantitative estimate of drug-likeness (QED) is 0.269. The van der Waals surface area contributed by atoms with E-state index in [0.29, 0.717) is 38.5 Å². The van der Waals surface area contributed by atoms with E-state index in [0.717, 1.165) is 0 Å². The molecule has 6 atom stereocenters. The van der Waals surface area contributed by atoms with E-state index in [1.54, 1.807) is 0 Å². The number of fused-ring (bicyclic) bond motifs is 3. The van der Waals surface area contributed by atoms with Gasteiger partial charge in [0.2, 0.25) is 11.8 Å². The van der Waals surface area contributed by atoms with Crippen LogP contribution in [0.4, 0.5) is 17.6 Å². The number of ether oxygens (including phenoxy) is 2. The third-order valence-electron chi connectivity index (χ3n) is 8.43. The average molecular weight is 558 g/mol. The normalized spacial score (nSPS) is 40.3. The molecule has 0 aromatic heterocycles. The van der Waals surface area contributed by atoms with Gasteiger partial charge in [-0.05, 0) is 51.4 Å². The highest BCUT2D eigenvalue weighted by Crippen LogP contribution is 2.47. The first-order valence-corrected chi connectivity index (χ1v) is 13.4. The van der Waals surface area contributed by atoms with Gasteiger partial charge in [0.15, 0.2) is 0 Å². The summed E-state index contributed by atoms with van der Waals surface area (Å²) >= 11 is 5.89. The van der Waals surface area contributed by atoms with E-state index in [4.69, 9.17) is 21.1 Å². The third-order valence-corrected chi connectivity index (χ3v) is 8.92. The van der Waals surface area contributed by atoms with Crippen molar-refractivity contribution in [2.24, 2.45) is 5.92 Å². The second kappa shape index (κ2) is 11.5. The summed E-state index contributed by atoms with van der Waals surface area (Å²) in [5.74, 6) is -2.33. The molecule has 4 N–H and O–H groups in total. The monoisotopic (exact) mass is 557 g/mol. The molecule has 1 heterocycles. The molecule has 0 spiro atoms. The fourth-order valence-corrected chi connectivity index (χ4v) is 6.40. The molecular formula is C24H36ClF4N3O5. The number of hydrogen-bond donors (Lipinski definition) is 4. The minimum Gasteiger partial charge on any atom is -0.391 e. The molecule has 0 aromatic rings. The van der Waals surface area contributed by atoms with Gasteiger partial charge in [-0.1, -0.05) is 0 Å². The minimum absolute atomic E-state index is 0.164. The Bertz CT molecular complexity index is 827. The molecule has 212 valence electrons. The molecule has 8 nitrogen and oxygen atoms in total. The summed E-state index contributed by atoms with van der Waals surface area (Å²) in [6, 6.07) is 0. The van der Waals surface area contributed by atoms with Crippen LogP contribution in [-0.2, 0) is 19.1 Å². The van der Waals surface area contributed by atoms with Crippen molar-refractivity contribution < 1.29 is 41.7 Å². The average Bonchev–Trinajstić information content (AvgIpc) is 2.84. The Balaban J connectivity index is 1.21. The van der Waals surface area contributed by atoms with E-state index >= 15 is 0 Å². The molecule has 5 rings (SSSR count). The third kappa shape index (κ3) is 7.06. The minimum atomic E-state index is -4.32. The number of piperidine rings is 1. The van der Waals surface area contributed by atoms with Crippen LogP contribution in [0.25, 0.3) is 0 Å². The number of carbonyl (C=O) groups excluding carboxylic acids is 2. The van der Waals surface area contributed by atoms with Crippen molar-refractivity contribution in [3.05, 3.63) is 0 Å². The van der Waals surface area contributed by atoms with E-state index in [-0.39, 0.29) is 51.0 Å². The van der Waals surface area contributed by atoms with Crippen molar-refractivity contribution in [3.8, 4) is 0 Å². The Hall–Kier alpha value is -1.21. The van der Waals surface area contributed by atoms with Crippen LogP contribution in [0.3, 0.4) is 0 Å². The second-order valence-electron chi connectivity index (χ2n) is 11.1. The fraction of sp³-hybridized carbons (Fsp3) is 0.917. The second-order valence-corrected chi connectivity index (χ2v) is 11.7. The molecule has 5 aliphatic rings. The molecule has 2 bridgehead atoms. The number of carbonyl (C=O) groups is 2. The summed E-state index contributed by atoms with van der Waals surface area (Å²) in [4.78, 5) is 25.2. The van der Waals surface area contributed by atoms with Crippen molar-refractivity contribution in [1.82, 2.24) is 16.0 Å². The molecule has 0 aromatic carbocycles. The number of halogens is 5. The van der Waals surface area contributed by atoms with Crippen LogP contribution in [0.5, 0.6) is 0 Å². The molecule has 5 fully saturated rings. The van der Waals surface area contributed by atoms with Gasteiger partial charge in [0.05, 0.1) is 35.1 Å². The molecule has 1 aliphatic heterocycles. The van der Waals surface area contributed by atoms with Crippen LogP contribution >= 0.6 is 11.6 Å². The van der Waals surface area contributed by atoms with Gasteiger partial charge in [0, 0.05) is 25.0 Å². The first kappa shape index (κ1) is 28.8. The van der Waals surface area contributed by atoms with Gasteiger partial charge in [0.1, 0.15) is 19.4 Å². The Morgan fingerprint density at radius 2 is 1.62 bits per heavy atom. The maximum Gasteiger partial charge on any atom is 0.393 e. The molecule has 13 heteroatoms. The van der Waals surface area contributed by atoms with Gasteiger partial charge in [-0.15, -0.1) is 11.6 Å². The van der Waals surface area contributed by atoms with E-state index in [1.165, 1.54) is 0 Å². The zero-order chi connectivity index (χ0) is 26.8. The predicted octanol–water partition coefficient (Wildman–Crippen LogP) is 2.11. The summed E-state index contributed by atoms with van der Waals surface area (Å²) in [6.45, 7) is -0.521. The van der Waals surface area contributed by atoms with Crippen LogP contribution in [0.1, 0.15) is 57.8 Å². The molecule has 0 radical (unpaired) electrons. The summed E-state index contributed by atoms with van der Waals surface area (Å²) in [5, 5.41) is 18.9. The number of hydrogen-bond acceptors (Lipinski definition) is 6. The zero-order valence-electron chi connectivity index (χ0n) is 20.6. The molecule has 1 saturated heterocycles. The van der Waals surface area contributed by atoms with E-state index in [9.17, 15) is 32.3 Å². The lowest BCUT2D eigenvalue weighted by molar-refractivity contribution is -0.188. The molecular weight excluding hydrogens is 522 g/mol. The van der Waals surface area contributed by atoms with Crippen molar-refractivity contribution >= 4 is 23.4 Å². The maximum atomic E-state index is 13.8. The summed E-state index contributed by atoms with van der Waals surface area (Å²) in [6.07, 6.45) is -4.20. The van der Waals surface area contributed by atoms with Gasteiger partial charge in [0.25, 0.3) is 0 Å². The maximum absolute atomic E-state index is 13.8. The highest BCUT2D eigenvalue weighted by atomic mass is 35.5. The number of alkyl halides is 5. The Morgan fingerprint density at radius 3 is 2.24 bits per heavy atom. The zero-order valence-corrected chi connectivity index (χ0v) is 21.4. The number of aliphatic hydroxyl groups is 1. The Kier molecular flexibility index (Phi) is 8.94. The van der Waals surface area contributed by atoms with E-state index in [1.807, 2.05) is 0 Å². The van der Waals surface area contributed by atoms with Gasteiger partial charge in [-0.25, -0.2) is 4.39 Å². The van der Waals surface area contributed by atoms with E-state index < -0.39 is 59.4 Å². The first-order chi connectivity index (χ1) is 17.4. The summed E-state index contributed by atoms with van der Waals surface area (Å²) in [7, 11) is 0. The Morgan fingerprint density at radius 1 is 0.973 bits per heavy atom. The predicted molar refractivity (Wildman–Crippen MR) is 126 cm³/mol. The standard InChI is InChI=1S/C24H36ClF4N3O5/c25-17-2-1-15(8-18(17)26)36-12-20(34)31-22-3-5-23(6-4-22,19(33)9-22)32-21(35)13-37-16-7-14(10-30-11-16)24(27,28)29/h14-19,30,33H,1-13H2,(H,31,34)(H,32,35). The number of aliphatic hydroxyl groups excluding tert-OH is 1. The van der Waals surface area contributed by atoms with Crippen molar-refractivity contribution in [2.45, 2.75) is 105 Å². The topological polar surface area (TPSA) is 109 Å². The molecule has 6 unspecified atom stereocenters. The van der Waals surface area contributed by atoms with Crippen LogP contribution in [-0.4, -0.2) is 90.3 Å². The SMILES string of the molecule is O=C(COC1CCC(Cl)C(F)C1)NC12CCC(NC(=O)COC3CNCC(C(F)(F)F)C3)(CC1)C(O)C2. The largest absolute Gasteiger partial charge is 0.393 e. The number of rotatable bonds is 8. The Labute approximate surface area is 218 Å². The molecule has 4 saturated carbocycles. The van der Waals surface area contributed by atoms with Gasteiger partial charge in [-0.2, -0.15) is 13.2 Å². The van der Waals surface area contributed by atoms with E-state index in [2.05, 4.69) is 16.0 Å². The van der Waals surface area contributed by atoms with Crippen LogP contribution in [0.15, 0.2) is 0 Å². The summed E-state index contributed by atoms with van der Waals surface area (Å²) < 4.78 is 63.8. The van der Waals surface area contributed by atoms with Gasteiger partial charge < -0.3 is 30.5 Å². The lowest BCUT2D eigenvalue weighted by atomic mass is 9.60. The lowest BCUT2D eigenvalue weighted by Gasteiger charge is -2.56. The highest BCUT2D eigenvalue weighted by Gasteiger charge is 2.55. The number of nitrogens with one attached hydrogen (secondary N) is 3. The molecule has 4 aliphatic carbocycles. The van der Waals surface area contributed by atoms with Crippen molar-refractivity contribution in [3.63, 3.8) is 0 Å². The van der Waals surface area contributed by atoms with Crippen LogP contribution < -0.4 is 16.0 Å². The summed E-state index contributed by atoms with van der Waals surface area (Å²) in [5.41, 5.74) is -1.47. The highest BCUT2D eigenvalue weighted by molar-refractivity contribution is 6.21. The van der Waals surface area contributed by atoms with Crippen molar-refractivity contribution in [2.75, 3.05) is 26.3 Å². The molecule has 2 amide bonds. The van der Waals surface area contributed by atoms with Gasteiger partial charge in [-0.3, -0.25) is 9.59 Å².